The average molecular weight is 311 g/mol. The molecule has 1 aromatic heterocycles. The van der Waals surface area contributed by atoms with Crippen molar-refractivity contribution in [1.82, 2.24) is 4.72 Å². The monoisotopic (exact) mass is 311 g/mol. The van der Waals surface area contributed by atoms with Crippen molar-refractivity contribution in [3.05, 3.63) is 51.7 Å². The molecule has 0 radical (unpaired) electrons. The molecular formula is C14H17NO3S2. The fourth-order valence-corrected chi connectivity index (χ4v) is 3.93. The molecule has 108 valence electrons. The zero-order chi connectivity index (χ0) is 14.8. The van der Waals surface area contributed by atoms with Crippen LogP contribution in [0, 0.1) is 13.8 Å². The van der Waals surface area contributed by atoms with E-state index in [1.807, 2.05) is 31.4 Å². The molecule has 2 N–H and O–H groups in total. The van der Waals surface area contributed by atoms with E-state index >= 15 is 0 Å². The predicted octanol–water partition coefficient (Wildman–Crippen LogP) is 2.38. The van der Waals surface area contributed by atoms with Crippen LogP contribution in [0.4, 0.5) is 0 Å². The molecule has 4 nitrogen and oxygen atoms in total. The molecule has 0 aliphatic heterocycles. The Balaban J connectivity index is 2.08. The van der Waals surface area contributed by atoms with E-state index in [4.69, 9.17) is 0 Å². The second-order valence-corrected chi connectivity index (χ2v) is 7.37. The molecule has 0 bridgehead atoms. The molecule has 0 saturated carbocycles. The highest BCUT2D eigenvalue weighted by molar-refractivity contribution is 7.89. The van der Waals surface area contributed by atoms with Crippen LogP contribution < -0.4 is 4.72 Å². The van der Waals surface area contributed by atoms with Gasteiger partial charge < -0.3 is 5.11 Å². The first-order valence-corrected chi connectivity index (χ1v) is 8.55. The number of aryl methyl sites for hydroxylation is 2. The lowest BCUT2D eigenvalue weighted by molar-refractivity contribution is 0.185. The first-order valence-electron chi connectivity index (χ1n) is 6.18. The maximum Gasteiger partial charge on any atom is 0.240 e. The summed E-state index contributed by atoms with van der Waals surface area (Å²) in [5.74, 6) is 0. The standard InChI is InChI=1S/C14H17NO3S2/c1-10-4-3-5-12(8-10)20(17,18)15-9-13(16)14-11(2)6-7-19-14/h3-8,13,15-16H,9H2,1-2H3. The van der Waals surface area contributed by atoms with Crippen molar-refractivity contribution >= 4 is 21.4 Å². The normalized spacial score (nSPS) is 13.3. The Morgan fingerprint density at radius 3 is 2.65 bits per heavy atom. The summed E-state index contributed by atoms with van der Waals surface area (Å²) in [6.07, 6.45) is -0.824. The Kier molecular flexibility index (Phi) is 4.59. The molecule has 6 heteroatoms. The number of rotatable bonds is 5. The van der Waals surface area contributed by atoms with Gasteiger partial charge in [0.25, 0.3) is 0 Å². The van der Waals surface area contributed by atoms with Gasteiger partial charge in [0.05, 0.1) is 4.90 Å². The zero-order valence-corrected chi connectivity index (χ0v) is 13.0. The van der Waals surface area contributed by atoms with Crippen LogP contribution in [0.15, 0.2) is 40.6 Å². The van der Waals surface area contributed by atoms with E-state index < -0.39 is 16.1 Å². The highest BCUT2D eigenvalue weighted by Gasteiger charge is 2.18. The summed E-state index contributed by atoms with van der Waals surface area (Å²) in [6.45, 7) is 3.70. The molecule has 0 fully saturated rings. The van der Waals surface area contributed by atoms with Gasteiger partial charge in [-0.25, -0.2) is 13.1 Å². The van der Waals surface area contributed by atoms with Crippen molar-refractivity contribution in [3.63, 3.8) is 0 Å². The molecule has 1 aromatic carbocycles. The first kappa shape index (κ1) is 15.2. The Morgan fingerprint density at radius 1 is 1.30 bits per heavy atom. The molecule has 0 aliphatic rings. The van der Waals surface area contributed by atoms with Crippen molar-refractivity contribution < 1.29 is 13.5 Å². The van der Waals surface area contributed by atoms with Gasteiger partial charge in [-0.05, 0) is 48.6 Å². The Hall–Kier alpha value is -1.21. The fourth-order valence-electron chi connectivity index (χ4n) is 1.87. The highest BCUT2D eigenvalue weighted by Crippen LogP contribution is 2.23. The van der Waals surface area contributed by atoms with Crippen molar-refractivity contribution in [2.45, 2.75) is 24.8 Å². The third-order valence-electron chi connectivity index (χ3n) is 2.97. The summed E-state index contributed by atoms with van der Waals surface area (Å²) in [5, 5.41) is 11.9. The molecule has 1 heterocycles. The van der Waals surface area contributed by atoms with Gasteiger partial charge in [0.2, 0.25) is 10.0 Å². The SMILES string of the molecule is Cc1cccc(S(=O)(=O)NCC(O)c2sccc2C)c1. The van der Waals surface area contributed by atoms with Crippen LogP contribution in [0.3, 0.4) is 0 Å². The second kappa shape index (κ2) is 6.05. The summed E-state index contributed by atoms with van der Waals surface area (Å²) in [7, 11) is -3.59. The van der Waals surface area contributed by atoms with E-state index in [9.17, 15) is 13.5 Å². The number of nitrogens with one attached hydrogen (secondary N) is 1. The van der Waals surface area contributed by atoms with Crippen LogP contribution in [0.25, 0.3) is 0 Å². The molecule has 2 aromatic rings. The number of hydrogen-bond acceptors (Lipinski definition) is 4. The molecule has 0 spiro atoms. The number of hydrogen-bond donors (Lipinski definition) is 2. The van der Waals surface area contributed by atoms with Crippen LogP contribution in [0.5, 0.6) is 0 Å². The Bertz CT molecular complexity index is 692. The molecular weight excluding hydrogens is 294 g/mol. The number of thiophene rings is 1. The molecule has 20 heavy (non-hydrogen) atoms. The Morgan fingerprint density at radius 2 is 2.05 bits per heavy atom. The second-order valence-electron chi connectivity index (χ2n) is 4.65. The largest absolute Gasteiger partial charge is 0.386 e. The maximum absolute atomic E-state index is 12.1. The van der Waals surface area contributed by atoms with Crippen LogP contribution in [0.1, 0.15) is 22.1 Å². The number of aliphatic hydroxyl groups excluding tert-OH is 1. The van der Waals surface area contributed by atoms with E-state index in [-0.39, 0.29) is 11.4 Å². The average Bonchev–Trinajstić information content (AvgIpc) is 2.82. The maximum atomic E-state index is 12.1. The van der Waals surface area contributed by atoms with Gasteiger partial charge in [-0.1, -0.05) is 12.1 Å². The number of sulfonamides is 1. The predicted molar refractivity (Wildman–Crippen MR) is 80.4 cm³/mol. The van der Waals surface area contributed by atoms with Crippen molar-refractivity contribution in [1.29, 1.82) is 0 Å². The minimum absolute atomic E-state index is 0.0301. The van der Waals surface area contributed by atoms with E-state index in [1.165, 1.54) is 17.4 Å². The van der Waals surface area contributed by atoms with Crippen LogP contribution in [0.2, 0.25) is 0 Å². The van der Waals surface area contributed by atoms with Crippen LogP contribution in [-0.4, -0.2) is 20.1 Å². The van der Waals surface area contributed by atoms with E-state index in [0.29, 0.717) is 0 Å². The smallest absolute Gasteiger partial charge is 0.240 e. The molecule has 2 rings (SSSR count). The fraction of sp³-hybridized carbons (Fsp3) is 0.286. The van der Waals surface area contributed by atoms with Gasteiger partial charge in [0.1, 0.15) is 6.10 Å². The molecule has 0 aliphatic carbocycles. The summed E-state index contributed by atoms with van der Waals surface area (Å²) >= 11 is 1.42. The van der Waals surface area contributed by atoms with Gasteiger partial charge in [-0.3, -0.25) is 0 Å². The summed E-state index contributed by atoms with van der Waals surface area (Å²) in [4.78, 5) is 1.00. The Labute approximate surface area is 123 Å². The van der Waals surface area contributed by atoms with Gasteiger partial charge in [-0.2, -0.15) is 0 Å². The molecule has 1 unspecified atom stereocenters. The molecule has 1 atom stereocenters. The van der Waals surface area contributed by atoms with E-state index in [1.54, 1.807) is 12.1 Å². The van der Waals surface area contributed by atoms with Crippen molar-refractivity contribution in [2.75, 3.05) is 6.54 Å². The number of aliphatic hydroxyl groups is 1. The van der Waals surface area contributed by atoms with Crippen LogP contribution >= 0.6 is 11.3 Å². The van der Waals surface area contributed by atoms with Gasteiger partial charge in [0.15, 0.2) is 0 Å². The highest BCUT2D eigenvalue weighted by atomic mass is 32.2. The third kappa shape index (κ3) is 3.46. The van der Waals surface area contributed by atoms with Gasteiger partial charge in [0, 0.05) is 11.4 Å². The van der Waals surface area contributed by atoms with E-state index in [2.05, 4.69) is 4.72 Å². The third-order valence-corrected chi connectivity index (χ3v) is 5.51. The van der Waals surface area contributed by atoms with Crippen molar-refractivity contribution in [2.24, 2.45) is 0 Å². The topological polar surface area (TPSA) is 66.4 Å². The van der Waals surface area contributed by atoms with Gasteiger partial charge in [-0.15, -0.1) is 11.3 Å². The lowest BCUT2D eigenvalue weighted by Gasteiger charge is -2.12. The lowest BCUT2D eigenvalue weighted by Crippen LogP contribution is -2.28. The molecule has 0 amide bonds. The minimum atomic E-state index is -3.59. The van der Waals surface area contributed by atoms with E-state index in [0.717, 1.165) is 16.0 Å². The lowest BCUT2D eigenvalue weighted by atomic mass is 10.2. The van der Waals surface area contributed by atoms with Crippen molar-refractivity contribution in [3.8, 4) is 0 Å². The quantitative estimate of drug-likeness (QED) is 0.891. The van der Waals surface area contributed by atoms with Crippen LogP contribution in [-0.2, 0) is 10.0 Å². The van der Waals surface area contributed by atoms with Gasteiger partial charge >= 0.3 is 0 Å². The summed E-state index contributed by atoms with van der Waals surface area (Å²) < 4.78 is 26.7. The minimum Gasteiger partial charge on any atom is -0.386 e. The first-order chi connectivity index (χ1) is 9.40. The zero-order valence-electron chi connectivity index (χ0n) is 11.3. The number of benzene rings is 1. The summed E-state index contributed by atoms with van der Waals surface area (Å²) in [5.41, 5.74) is 1.85. The molecule has 0 saturated heterocycles. The summed E-state index contributed by atoms with van der Waals surface area (Å²) in [6, 6.07) is 8.58.